The van der Waals surface area contributed by atoms with E-state index in [-0.39, 0.29) is 12.5 Å². The number of anilines is 1. The van der Waals surface area contributed by atoms with Gasteiger partial charge in [-0.05, 0) is 48.5 Å². The molecule has 0 saturated heterocycles. The van der Waals surface area contributed by atoms with Crippen LogP contribution in [0.15, 0.2) is 60.7 Å². The fourth-order valence-electron chi connectivity index (χ4n) is 3.60. The maximum Gasteiger partial charge on any atom is 0.244 e. The number of carbonyl (C=O) groups excluding carboxylic acids is 1. The first-order valence-corrected chi connectivity index (χ1v) is 10.6. The SMILES string of the molecule is COc1ccc(OC)c(Cc2nc3ccccc3n2CC(=O)Nc2cc(Cl)cc(Cl)c2)c1. The van der Waals surface area contributed by atoms with Crippen molar-refractivity contribution in [1.82, 2.24) is 9.55 Å². The van der Waals surface area contributed by atoms with Gasteiger partial charge in [-0.15, -0.1) is 0 Å². The zero-order chi connectivity index (χ0) is 22.7. The zero-order valence-electron chi connectivity index (χ0n) is 17.6. The molecule has 4 rings (SSSR count). The summed E-state index contributed by atoms with van der Waals surface area (Å²) in [6, 6.07) is 18.2. The van der Waals surface area contributed by atoms with Gasteiger partial charge in [-0.1, -0.05) is 35.3 Å². The van der Waals surface area contributed by atoms with Crippen molar-refractivity contribution < 1.29 is 14.3 Å². The maximum absolute atomic E-state index is 12.9. The molecule has 0 atom stereocenters. The summed E-state index contributed by atoms with van der Waals surface area (Å²) in [7, 11) is 3.24. The average Bonchev–Trinajstić information content (AvgIpc) is 3.09. The molecule has 4 aromatic rings. The standard InChI is InChI=1S/C24H21Cl2N3O3/c1-31-19-7-8-22(32-2)15(9-19)10-23-28-20-5-3-4-6-21(20)29(23)14-24(30)27-18-12-16(25)11-17(26)13-18/h3-9,11-13H,10,14H2,1-2H3,(H,27,30). The Morgan fingerprint density at radius 2 is 1.75 bits per heavy atom. The van der Waals surface area contributed by atoms with Gasteiger partial charge in [-0.25, -0.2) is 4.98 Å². The van der Waals surface area contributed by atoms with Crippen molar-refractivity contribution >= 4 is 45.8 Å². The lowest BCUT2D eigenvalue weighted by atomic mass is 10.1. The maximum atomic E-state index is 12.9. The van der Waals surface area contributed by atoms with Crippen LogP contribution in [0.1, 0.15) is 11.4 Å². The third kappa shape index (κ3) is 4.82. The number of fused-ring (bicyclic) bond motifs is 1. The lowest BCUT2D eigenvalue weighted by Crippen LogP contribution is -2.20. The van der Waals surface area contributed by atoms with E-state index in [1.807, 2.05) is 47.0 Å². The third-order valence-corrected chi connectivity index (χ3v) is 5.45. The van der Waals surface area contributed by atoms with Crippen LogP contribution in [0.25, 0.3) is 11.0 Å². The minimum absolute atomic E-state index is 0.0757. The van der Waals surface area contributed by atoms with Crippen molar-refractivity contribution in [3.63, 3.8) is 0 Å². The van der Waals surface area contributed by atoms with Crippen LogP contribution in [-0.4, -0.2) is 29.7 Å². The average molecular weight is 470 g/mol. The van der Waals surface area contributed by atoms with Crippen LogP contribution in [-0.2, 0) is 17.8 Å². The topological polar surface area (TPSA) is 65.4 Å². The van der Waals surface area contributed by atoms with Crippen molar-refractivity contribution in [3.05, 3.63) is 82.1 Å². The predicted molar refractivity (Wildman–Crippen MR) is 127 cm³/mol. The van der Waals surface area contributed by atoms with Crippen LogP contribution in [0.5, 0.6) is 11.5 Å². The summed E-state index contributed by atoms with van der Waals surface area (Å²) in [5, 5.41) is 3.76. The molecule has 0 spiro atoms. The number of benzene rings is 3. The van der Waals surface area contributed by atoms with E-state index in [4.69, 9.17) is 37.7 Å². The molecule has 1 N–H and O–H groups in total. The molecule has 0 unspecified atom stereocenters. The van der Waals surface area contributed by atoms with Gasteiger partial charge in [0.15, 0.2) is 0 Å². The van der Waals surface area contributed by atoms with Crippen LogP contribution < -0.4 is 14.8 Å². The Morgan fingerprint density at radius 3 is 2.47 bits per heavy atom. The molecular weight excluding hydrogens is 449 g/mol. The number of hydrogen-bond donors (Lipinski definition) is 1. The molecule has 0 saturated carbocycles. The lowest BCUT2D eigenvalue weighted by Gasteiger charge is -2.13. The Balaban J connectivity index is 1.67. The molecule has 164 valence electrons. The predicted octanol–water partition coefficient (Wildman–Crippen LogP) is 5.59. The summed E-state index contributed by atoms with van der Waals surface area (Å²) < 4.78 is 12.8. The minimum Gasteiger partial charge on any atom is -0.497 e. The molecule has 3 aromatic carbocycles. The highest BCUT2D eigenvalue weighted by atomic mass is 35.5. The smallest absolute Gasteiger partial charge is 0.244 e. The highest BCUT2D eigenvalue weighted by Crippen LogP contribution is 2.28. The van der Waals surface area contributed by atoms with Crippen LogP contribution in [0, 0.1) is 0 Å². The number of hydrogen-bond acceptors (Lipinski definition) is 4. The van der Waals surface area contributed by atoms with Gasteiger partial charge < -0.3 is 19.4 Å². The number of nitrogens with one attached hydrogen (secondary N) is 1. The number of aromatic nitrogens is 2. The molecule has 0 radical (unpaired) electrons. The molecule has 0 aliphatic heterocycles. The number of imidazole rings is 1. The van der Waals surface area contributed by atoms with Gasteiger partial charge in [0, 0.05) is 27.7 Å². The monoisotopic (exact) mass is 469 g/mol. The van der Waals surface area contributed by atoms with Crippen LogP contribution >= 0.6 is 23.2 Å². The Morgan fingerprint density at radius 1 is 1.00 bits per heavy atom. The third-order valence-electron chi connectivity index (χ3n) is 5.02. The molecule has 0 fully saturated rings. The fourth-order valence-corrected chi connectivity index (χ4v) is 4.12. The molecule has 0 aliphatic carbocycles. The lowest BCUT2D eigenvalue weighted by molar-refractivity contribution is -0.116. The highest BCUT2D eigenvalue weighted by molar-refractivity contribution is 6.35. The first-order chi connectivity index (χ1) is 15.5. The van der Waals surface area contributed by atoms with E-state index in [1.54, 1.807) is 32.4 Å². The molecule has 32 heavy (non-hydrogen) atoms. The highest BCUT2D eigenvalue weighted by Gasteiger charge is 2.17. The molecule has 8 heteroatoms. The number of amides is 1. The van der Waals surface area contributed by atoms with Gasteiger partial charge in [-0.2, -0.15) is 0 Å². The Bertz CT molecular complexity index is 1270. The first kappa shape index (κ1) is 22.0. The summed E-state index contributed by atoms with van der Waals surface area (Å²) in [6.07, 6.45) is 0.464. The molecular formula is C24H21Cl2N3O3. The second-order valence-corrected chi connectivity index (χ2v) is 8.04. The molecule has 0 bridgehead atoms. The quantitative estimate of drug-likeness (QED) is 0.383. The van der Waals surface area contributed by atoms with Gasteiger partial charge >= 0.3 is 0 Å². The van der Waals surface area contributed by atoms with E-state index in [1.165, 1.54) is 0 Å². The molecule has 1 amide bonds. The van der Waals surface area contributed by atoms with Crippen LogP contribution in [0.3, 0.4) is 0 Å². The van der Waals surface area contributed by atoms with E-state index in [0.717, 1.165) is 33.9 Å². The van der Waals surface area contributed by atoms with Crippen molar-refractivity contribution in [2.45, 2.75) is 13.0 Å². The van der Waals surface area contributed by atoms with Gasteiger partial charge in [-0.3, -0.25) is 4.79 Å². The summed E-state index contributed by atoms with van der Waals surface area (Å²) in [5.74, 6) is 1.96. The first-order valence-electron chi connectivity index (χ1n) is 9.88. The number of methoxy groups -OCH3 is 2. The largest absolute Gasteiger partial charge is 0.497 e. The van der Waals surface area contributed by atoms with E-state index < -0.39 is 0 Å². The number of halogens is 2. The number of carbonyl (C=O) groups is 1. The van der Waals surface area contributed by atoms with E-state index in [0.29, 0.717) is 22.2 Å². The Kier molecular flexibility index (Phi) is 6.53. The molecule has 1 aromatic heterocycles. The van der Waals surface area contributed by atoms with Crippen LogP contribution in [0.4, 0.5) is 5.69 Å². The second kappa shape index (κ2) is 9.51. The molecule has 1 heterocycles. The minimum atomic E-state index is -0.217. The van der Waals surface area contributed by atoms with Gasteiger partial charge in [0.25, 0.3) is 0 Å². The molecule has 0 aliphatic rings. The summed E-state index contributed by atoms with van der Waals surface area (Å²) in [4.78, 5) is 17.7. The van der Waals surface area contributed by atoms with E-state index >= 15 is 0 Å². The fraction of sp³-hybridized carbons (Fsp3) is 0.167. The van der Waals surface area contributed by atoms with Crippen molar-refractivity contribution in [1.29, 1.82) is 0 Å². The van der Waals surface area contributed by atoms with Crippen LogP contribution in [0.2, 0.25) is 10.0 Å². The number of para-hydroxylation sites is 2. The summed E-state index contributed by atoms with van der Waals surface area (Å²) in [6.45, 7) is 0.0757. The summed E-state index contributed by atoms with van der Waals surface area (Å²) in [5.41, 5.74) is 3.12. The Labute approximate surface area is 195 Å². The zero-order valence-corrected chi connectivity index (χ0v) is 19.1. The normalized spacial score (nSPS) is 10.9. The second-order valence-electron chi connectivity index (χ2n) is 7.16. The van der Waals surface area contributed by atoms with Crippen molar-refractivity contribution in [3.8, 4) is 11.5 Å². The van der Waals surface area contributed by atoms with Gasteiger partial charge in [0.2, 0.25) is 5.91 Å². The number of nitrogens with zero attached hydrogens (tertiary/aromatic N) is 2. The summed E-state index contributed by atoms with van der Waals surface area (Å²) >= 11 is 12.1. The molecule has 6 nitrogen and oxygen atoms in total. The Hall–Kier alpha value is -3.22. The van der Waals surface area contributed by atoms with Crippen molar-refractivity contribution in [2.75, 3.05) is 19.5 Å². The van der Waals surface area contributed by atoms with E-state index in [2.05, 4.69) is 5.32 Å². The van der Waals surface area contributed by atoms with Crippen molar-refractivity contribution in [2.24, 2.45) is 0 Å². The number of rotatable bonds is 7. The van der Waals surface area contributed by atoms with Gasteiger partial charge in [0.05, 0.1) is 25.3 Å². The van der Waals surface area contributed by atoms with E-state index in [9.17, 15) is 4.79 Å². The number of ether oxygens (including phenoxy) is 2. The van der Waals surface area contributed by atoms with Gasteiger partial charge in [0.1, 0.15) is 23.9 Å².